The lowest BCUT2D eigenvalue weighted by atomic mass is 10.1. The molecule has 1 aliphatic rings. The Morgan fingerprint density at radius 3 is 2.14 bits per heavy atom. The van der Waals surface area contributed by atoms with Crippen LogP contribution in [0, 0.1) is 11.6 Å². The van der Waals surface area contributed by atoms with Crippen LogP contribution in [0.4, 0.5) is 8.78 Å². The summed E-state index contributed by atoms with van der Waals surface area (Å²) in [5.41, 5.74) is 1.01. The summed E-state index contributed by atoms with van der Waals surface area (Å²) in [5, 5.41) is 0. The number of quaternary nitrogens is 1. The molecule has 0 radical (unpaired) electrons. The molecule has 0 aliphatic carbocycles. The molecule has 0 spiro atoms. The highest BCUT2D eigenvalue weighted by Gasteiger charge is 2.27. The molecule has 156 valence electrons. The van der Waals surface area contributed by atoms with Gasteiger partial charge in [0.15, 0.2) is 11.5 Å². The van der Waals surface area contributed by atoms with Crippen LogP contribution in [0.25, 0.3) is 0 Å². The molecule has 1 saturated heterocycles. The molecular formula is C21H25F2N2O4+. The van der Waals surface area contributed by atoms with Gasteiger partial charge >= 0.3 is 0 Å². The number of halogens is 2. The van der Waals surface area contributed by atoms with Crippen LogP contribution in [0.1, 0.15) is 15.9 Å². The number of amides is 1. The van der Waals surface area contributed by atoms with Gasteiger partial charge in [-0.05, 0) is 24.3 Å². The van der Waals surface area contributed by atoms with Crippen LogP contribution in [-0.2, 0) is 6.54 Å². The van der Waals surface area contributed by atoms with Gasteiger partial charge in [-0.1, -0.05) is 0 Å². The number of hydrogen-bond acceptors (Lipinski definition) is 4. The van der Waals surface area contributed by atoms with E-state index in [0.717, 1.165) is 23.8 Å². The van der Waals surface area contributed by atoms with Gasteiger partial charge in [0.1, 0.15) is 18.2 Å². The van der Waals surface area contributed by atoms with Gasteiger partial charge in [-0.25, -0.2) is 8.78 Å². The molecule has 3 rings (SSSR count). The van der Waals surface area contributed by atoms with Crippen molar-refractivity contribution in [3.8, 4) is 17.2 Å². The van der Waals surface area contributed by atoms with Gasteiger partial charge in [-0.3, -0.25) is 4.79 Å². The Labute approximate surface area is 168 Å². The molecule has 1 amide bonds. The second-order valence-electron chi connectivity index (χ2n) is 6.87. The summed E-state index contributed by atoms with van der Waals surface area (Å²) in [6.07, 6.45) is 0. The third-order valence-corrected chi connectivity index (χ3v) is 5.09. The van der Waals surface area contributed by atoms with Gasteiger partial charge in [-0.2, -0.15) is 0 Å². The standard InChI is InChI=1S/C21H24F2N2O4/c1-27-18-5-4-14(19(28-2)20(18)29-3)13-24-6-8-25(9-7-24)21(26)15-10-16(22)12-17(23)11-15/h4-5,10-12H,6-9,13H2,1-3H3/p+1. The Bertz CT molecular complexity index is 863. The van der Waals surface area contributed by atoms with Gasteiger partial charge in [0, 0.05) is 11.6 Å². The van der Waals surface area contributed by atoms with Crippen LogP contribution in [-0.4, -0.2) is 58.3 Å². The number of piperazine rings is 1. The fourth-order valence-electron chi connectivity index (χ4n) is 3.63. The Kier molecular flexibility index (Phi) is 6.53. The molecule has 1 aliphatic heterocycles. The quantitative estimate of drug-likeness (QED) is 0.789. The van der Waals surface area contributed by atoms with E-state index < -0.39 is 11.6 Å². The van der Waals surface area contributed by atoms with E-state index in [4.69, 9.17) is 14.2 Å². The Hall–Kier alpha value is -2.87. The predicted molar refractivity (Wildman–Crippen MR) is 103 cm³/mol. The molecule has 29 heavy (non-hydrogen) atoms. The van der Waals surface area contributed by atoms with Crippen LogP contribution in [0.5, 0.6) is 17.2 Å². The number of carbonyl (C=O) groups excluding carboxylic acids is 1. The first-order valence-corrected chi connectivity index (χ1v) is 9.33. The van der Waals surface area contributed by atoms with Gasteiger partial charge in [0.05, 0.1) is 53.1 Å². The van der Waals surface area contributed by atoms with E-state index in [2.05, 4.69) is 0 Å². The van der Waals surface area contributed by atoms with Crippen molar-refractivity contribution in [3.63, 3.8) is 0 Å². The summed E-state index contributed by atoms with van der Waals surface area (Å²) in [5.74, 6) is -0.0785. The van der Waals surface area contributed by atoms with E-state index in [9.17, 15) is 13.6 Å². The number of ether oxygens (including phenoxy) is 3. The van der Waals surface area contributed by atoms with Crippen molar-refractivity contribution in [3.05, 3.63) is 53.1 Å². The molecule has 1 fully saturated rings. The Balaban J connectivity index is 1.66. The average Bonchev–Trinajstić information content (AvgIpc) is 2.72. The Morgan fingerprint density at radius 1 is 0.966 bits per heavy atom. The molecule has 2 aromatic carbocycles. The highest BCUT2D eigenvalue weighted by atomic mass is 19.1. The summed E-state index contributed by atoms with van der Waals surface area (Å²) < 4.78 is 43.1. The topological polar surface area (TPSA) is 52.4 Å². The van der Waals surface area contributed by atoms with Crippen molar-refractivity contribution in [1.82, 2.24) is 4.90 Å². The molecule has 0 saturated carbocycles. The molecule has 2 aromatic rings. The minimum Gasteiger partial charge on any atom is -0.493 e. The maximum Gasteiger partial charge on any atom is 0.254 e. The molecule has 0 atom stereocenters. The summed E-state index contributed by atoms with van der Waals surface area (Å²) in [6, 6.07) is 6.68. The average molecular weight is 407 g/mol. The summed E-state index contributed by atoms with van der Waals surface area (Å²) >= 11 is 0. The number of carbonyl (C=O) groups is 1. The van der Waals surface area contributed by atoms with Crippen molar-refractivity contribution in [2.24, 2.45) is 0 Å². The number of nitrogens with zero attached hydrogens (tertiary/aromatic N) is 1. The fraction of sp³-hybridized carbons (Fsp3) is 0.381. The minimum atomic E-state index is -0.752. The molecule has 8 heteroatoms. The Morgan fingerprint density at radius 2 is 1.59 bits per heavy atom. The highest BCUT2D eigenvalue weighted by Crippen LogP contribution is 2.39. The van der Waals surface area contributed by atoms with Crippen LogP contribution >= 0.6 is 0 Å². The van der Waals surface area contributed by atoms with Crippen molar-refractivity contribution in [2.45, 2.75) is 6.54 Å². The summed E-state index contributed by atoms with van der Waals surface area (Å²) in [6.45, 7) is 3.12. The molecular weight excluding hydrogens is 382 g/mol. The number of methoxy groups -OCH3 is 3. The number of hydrogen-bond donors (Lipinski definition) is 1. The van der Waals surface area contributed by atoms with Gasteiger partial charge in [-0.15, -0.1) is 0 Å². The van der Waals surface area contributed by atoms with E-state index in [0.29, 0.717) is 50.0 Å². The molecule has 0 bridgehead atoms. The third kappa shape index (κ3) is 4.59. The van der Waals surface area contributed by atoms with E-state index in [1.807, 2.05) is 12.1 Å². The largest absolute Gasteiger partial charge is 0.493 e. The first-order valence-electron chi connectivity index (χ1n) is 9.33. The molecule has 6 nitrogen and oxygen atoms in total. The van der Waals surface area contributed by atoms with E-state index in [1.54, 1.807) is 26.2 Å². The molecule has 1 heterocycles. The second-order valence-corrected chi connectivity index (χ2v) is 6.87. The third-order valence-electron chi connectivity index (χ3n) is 5.09. The minimum absolute atomic E-state index is 0.0347. The molecule has 0 aromatic heterocycles. The number of nitrogens with one attached hydrogen (secondary N) is 1. The fourth-order valence-corrected chi connectivity index (χ4v) is 3.63. The molecule has 0 unspecified atom stereocenters. The normalized spacial score (nSPS) is 14.6. The lowest BCUT2D eigenvalue weighted by molar-refractivity contribution is -0.917. The monoisotopic (exact) mass is 407 g/mol. The van der Waals surface area contributed by atoms with E-state index in [-0.39, 0.29) is 11.5 Å². The van der Waals surface area contributed by atoms with Crippen LogP contribution in [0.3, 0.4) is 0 Å². The van der Waals surface area contributed by atoms with Crippen molar-refractivity contribution in [1.29, 1.82) is 0 Å². The van der Waals surface area contributed by atoms with Crippen LogP contribution in [0.15, 0.2) is 30.3 Å². The number of rotatable bonds is 6. The maximum atomic E-state index is 13.4. The zero-order chi connectivity index (χ0) is 21.0. The van der Waals surface area contributed by atoms with Gasteiger partial charge in [0.25, 0.3) is 5.91 Å². The number of benzene rings is 2. The second kappa shape index (κ2) is 9.09. The first-order chi connectivity index (χ1) is 14.0. The predicted octanol–water partition coefficient (Wildman–Crippen LogP) is 1.53. The van der Waals surface area contributed by atoms with Crippen molar-refractivity contribution < 1.29 is 32.7 Å². The SMILES string of the molecule is COc1ccc(C[NH+]2CCN(C(=O)c3cc(F)cc(F)c3)CC2)c(OC)c1OC. The van der Waals surface area contributed by atoms with Crippen LogP contribution < -0.4 is 19.1 Å². The first kappa shape index (κ1) is 20.9. The van der Waals surface area contributed by atoms with Crippen LogP contribution in [0.2, 0.25) is 0 Å². The van der Waals surface area contributed by atoms with Crippen molar-refractivity contribution >= 4 is 5.91 Å². The summed E-state index contributed by atoms with van der Waals surface area (Å²) in [7, 11) is 4.73. The smallest absolute Gasteiger partial charge is 0.254 e. The van der Waals surface area contributed by atoms with Gasteiger partial charge < -0.3 is 24.0 Å². The lowest BCUT2D eigenvalue weighted by Gasteiger charge is -2.32. The van der Waals surface area contributed by atoms with E-state index in [1.165, 1.54) is 4.90 Å². The van der Waals surface area contributed by atoms with Gasteiger partial charge in [0.2, 0.25) is 5.75 Å². The highest BCUT2D eigenvalue weighted by molar-refractivity contribution is 5.94. The molecule has 1 N–H and O–H groups in total. The lowest BCUT2D eigenvalue weighted by Crippen LogP contribution is -3.13. The zero-order valence-electron chi connectivity index (χ0n) is 16.8. The summed E-state index contributed by atoms with van der Waals surface area (Å²) in [4.78, 5) is 15.5. The van der Waals surface area contributed by atoms with E-state index >= 15 is 0 Å². The van der Waals surface area contributed by atoms with Crippen molar-refractivity contribution in [2.75, 3.05) is 47.5 Å². The maximum absolute atomic E-state index is 13.4. The zero-order valence-corrected chi connectivity index (χ0v) is 16.8.